The number of hydrogen-bond acceptors (Lipinski definition) is 3. The van der Waals surface area contributed by atoms with E-state index in [0.717, 1.165) is 28.8 Å². The summed E-state index contributed by atoms with van der Waals surface area (Å²) in [5, 5.41) is 0. The van der Waals surface area contributed by atoms with E-state index in [-0.39, 0.29) is 5.97 Å². The highest BCUT2D eigenvalue weighted by atomic mass is 16.5. The highest BCUT2D eigenvalue weighted by molar-refractivity contribution is 5.94. The molecule has 0 saturated heterocycles. The van der Waals surface area contributed by atoms with Crippen LogP contribution in [0.4, 0.5) is 0 Å². The van der Waals surface area contributed by atoms with Crippen molar-refractivity contribution in [3.05, 3.63) is 53.6 Å². The van der Waals surface area contributed by atoms with Gasteiger partial charge in [-0.2, -0.15) is 0 Å². The van der Waals surface area contributed by atoms with Crippen molar-refractivity contribution in [3.8, 4) is 11.4 Å². The van der Waals surface area contributed by atoms with Gasteiger partial charge in [0.1, 0.15) is 5.82 Å². The third-order valence-electron chi connectivity index (χ3n) is 4.54. The average Bonchev–Trinajstić information content (AvgIpc) is 3.00. The zero-order valence-electron chi connectivity index (χ0n) is 15.2. The summed E-state index contributed by atoms with van der Waals surface area (Å²) in [4.78, 5) is 16.9. The largest absolute Gasteiger partial charge is 0.462 e. The lowest BCUT2D eigenvalue weighted by Crippen LogP contribution is -2.06. The van der Waals surface area contributed by atoms with Crippen molar-refractivity contribution in [2.24, 2.45) is 0 Å². The highest BCUT2D eigenvalue weighted by Crippen LogP contribution is 2.30. The standard InChI is InChI=1S/C21H24N2O2/c1-5-15(4)23-19-12-11-17(21(24)25-6-2)13-18(19)22-20(23)16-9-7-14(3)8-10-16/h7-13,15H,5-6H2,1-4H3. The van der Waals surface area contributed by atoms with Gasteiger partial charge in [-0.1, -0.05) is 36.8 Å². The van der Waals surface area contributed by atoms with E-state index in [1.807, 2.05) is 25.1 Å². The number of carbonyl (C=O) groups is 1. The highest BCUT2D eigenvalue weighted by Gasteiger charge is 2.18. The van der Waals surface area contributed by atoms with Crippen molar-refractivity contribution in [2.45, 2.75) is 40.2 Å². The first kappa shape index (κ1) is 17.2. The van der Waals surface area contributed by atoms with Gasteiger partial charge in [0.25, 0.3) is 0 Å². The quantitative estimate of drug-likeness (QED) is 0.605. The number of rotatable bonds is 5. The van der Waals surface area contributed by atoms with Gasteiger partial charge in [0.2, 0.25) is 0 Å². The molecule has 0 aliphatic carbocycles. The van der Waals surface area contributed by atoms with E-state index < -0.39 is 0 Å². The maximum Gasteiger partial charge on any atom is 0.338 e. The summed E-state index contributed by atoms with van der Waals surface area (Å²) >= 11 is 0. The van der Waals surface area contributed by atoms with Crippen LogP contribution in [0.3, 0.4) is 0 Å². The summed E-state index contributed by atoms with van der Waals surface area (Å²) in [5.41, 5.74) is 4.71. The summed E-state index contributed by atoms with van der Waals surface area (Å²) in [5.74, 6) is 0.629. The maximum absolute atomic E-state index is 12.0. The Balaban J connectivity index is 2.17. The number of carbonyl (C=O) groups excluding carboxylic acids is 1. The van der Waals surface area contributed by atoms with Crippen LogP contribution in [0.2, 0.25) is 0 Å². The molecule has 1 aromatic heterocycles. The molecule has 0 radical (unpaired) electrons. The molecule has 0 N–H and O–H groups in total. The zero-order chi connectivity index (χ0) is 18.0. The van der Waals surface area contributed by atoms with E-state index in [1.165, 1.54) is 5.56 Å². The molecule has 4 nitrogen and oxygen atoms in total. The molecule has 0 fully saturated rings. The predicted molar refractivity (Wildman–Crippen MR) is 101 cm³/mol. The molecule has 0 aliphatic rings. The van der Waals surface area contributed by atoms with Gasteiger partial charge in [-0.25, -0.2) is 9.78 Å². The molecular formula is C21H24N2O2. The third kappa shape index (κ3) is 3.29. The molecule has 4 heteroatoms. The average molecular weight is 336 g/mol. The van der Waals surface area contributed by atoms with E-state index in [2.05, 4.69) is 49.6 Å². The van der Waals surface area contributed by atoms with Crippen LogP contribution in [0.1, 0.15) is 49.2 Å². The Morgan fingerprint density at radius 3 is 2.52 bits per heavy atom. The maximum atomic E-state index is 12.0. The minimum atomic E-state index is -0.306. The van der Waals surface area contributed by atoms with Gasteiger partial charge in [0.15, 0.2) is 0 Å². The van der Waals surface area contributed by atoms with Crippen molar-refractivity contribution < 1.29 is 9.53 Å². The number of aromatic nitrogens is 2. The Labute approximate surface area is 148 Å². The summed E-state index contributed by atoms with van der Waals surface area (Å²) in [6.45, 7) is 8.61. The van der Waals surface area contributed by atoms with Crippen LogP contribution in [0.25, 0.3) is 22.4 Å². The lowest BCUT2D eigenvalue weighted by atomic mass is 10.1. The summed E-state index contributed by atoms with van der Waals surface area (Å²) < 4.78 is 7.37. The van der Waals surface area contributed by atoms with Crippen LogP contribution in [0, 0.1) is 6.92 Å². The molecule has 0 saturated carbocycles. The van der Waals surface area contributed by atoms with Crippen LogP contribution < -0.4 is 0 Å². The summed E-state index contributed by atoms with van der Waals surface area (Å²) in [7, 11) is 0. The molecule has 0 amide bonds. The zero-order valence-corrected chi connectivity index (χ0v) is 15.2. The third-order valence-corrected chi connectivity index (χ3v) is 4.54. The normalized spacial score (nSPS) is 12.3. The minimum Gasteiger partial charge on any atom is -0.462 e. The molecule has 0 bridgehead atoms. The van der Waals surface area contributed by atoms with Crippen LogP contribution in [-0.4, -0.2) is 22.1 Å². The molecule has 25 heavy (non-hydrogen) atoms. The number of fused-ring (bicyclic) bond motifs is 1. The van der Waals surface area contributed by atoms with E-state index in [4.69, 9.17) is 9.72 Å². The van der Waals surface area contributed by atoms with Crippen molar-refractivity contribution >= 4 is 17.0 Å². The minimum absolute atomic E-state index is 0.306. The number of ether oxygens (including phenoxy) is 1. The van der Waals surface area contributed by atoms with Crippen molar-refractivity contribution in [2.75, 3.05) is 6.61 Å². The van der Waals surface area contributed by atoms with Crippen LogP contribution in [0.15, 0.2) is 42.5 Å². The van der Waals surface area contributed by atoms with Gasteiger partial charge in [-0.15, -0.1) is 0 Å². The molecule has 3 rings (SSSR count). The van der Waals surface area contributed by atoms with E-state index >= 15 is 0 Å². The first-order chi connectivity index (χ1) is 12.0. The molecule has 1 atom stereocenters. The Morgan fingerprint density at radius 1 is 1.16 bits per heavy atom. The van der Waals surface area contributed by atoms with Crippen LogP contribution >= 0.6 is 0 Å². The molecule has 2 aromatic carbocycles. The SMILES string of the molecule is CCOC(=O)c1ccc2c(c1)nc(-c1ccc(C)cc1)n2C(C)CC. The Kier molecular flexibility index (Phi) is 4.88. The van der Waals surface area contributed by atoms with E-state index in [1.54, 1.807) is 0 Å². The fourth-order valence-electron chi connectivity index (χ4n) is 2.98. The predicted octanol–water partition coefficient (Wildman–Crippen LogP) is 5.16. The van der Waals surface area contributed by atoms with Gasteiger partial charge in [-0.05, 0) is 45.4 Å². The van der Waals surface area contributed by atoms with E-state index in [0.29, 0.717) is 18.2 Å². The van der Waals surface area contributed by atoms with Crippen LogP contribution in [-0.2, 0) is 4.74 Å². The molecule has 1 unspecified atom stereocenters. The Hall–Kier alpha value is -2.62. The molecule has 1 heterocycles. The van der Waals surface area contributed by atoms with Gasteiger partial charge in [0.05, 0.1) is 23.2 Å². The second-order valence-corrected chi connectivity index (χ2v) is 6.35. The van der Waals surface area contributed by atoms with Gasteiger partial charge in [0, 0.05) is 11.6 Å². The summed E-state index contributed by atoms with van der Waals surface area (Å²) in [6.07, 6.45) is 1.00. The first-order valence-electron chi connectivity index (χ1n) is 8.81. The molecule has 3 aromatic rings. The van der Waals surface area contributed by atoms with Gasteiger partial charge in [-0.3, -0.25) is 0 Å². The number of nitrogens with zero attached hydrogens (tertiary/aromatic N) is 2. The topological polar surface area (TPSA) is 44.1 Å². The Morgan fingerprint density at radius 2 is 1.88 bits per heavy atom. The molecule has 130 valence electrons. The van der Waals surface area contributed by atoms with Gasteiger partial charge < -0.3 is 9.30 Å². The lowest BCUT2D eigenvalue weighted by molar-refractivity contribution is 0.0526. The number of benzene rings is 2. The summed E-state index contributed by atoms with van der Waals surface area (Å²) in [6, 6.07) is 14.3. The van der Waals surface area contributed by atoms with Crippen molar-refractivity contribution in [1.29, 1.82) is 0 Å². The second-order valence-electron chi connectivity index (χ2n) is 6.35. The molecular weight excluding hydrogens is 312 g/mol. The monoisotopic (exact) mass is 336 g/mol. The van der Waals surface area contributed by atoms with Gasteiger partial charge >= 0.3 is 5.97 Å². The Bertz CT molecular complexity index is 894. The smallest absolute Gasteiger partial charge is 0.338 e. The molecule has 0 spiro atoms. The number of esters is 1. The van der Waals surface area contributed by atoms with Crippen molar-refractivity contribution in [1.82, 2.24) is 9.55 Å². The fraction of sp³-hybridized carbons (Fsp3) is 0.333. The van der Waals surface area contributed by atoms with E-state index in [9.17, 15) is 4.79 Å². The lowest BCUT2D eigenvalue weighted by Gasteiger charge is -2.16. The molecule has 0 aliphatic heterocycles. The number of aryl methyl sites for hydroxylation is 1. The second kappa shape index (κ2) is 7.09. The first-order valence-corrected chi connectivity index (χ1v) is 8.81. The fourth-order valence-corrected chi connectivity index (χ4v) is 2.98. The van der Waals surface area contributed by atoms with Crippen molar-refractivity contribution in [3.63, 3.8) is 0 Å². The number of imidazole rings is 1. The van der Waals surface area contributed by atoms with Crippen LogP contribution in [0.5, 0.6) is 0 Å². The number of hydrogen-bond donors (Lipinski definition) is 0.